The predicted octanol–water partition coefficient (Wildman–Crippen LogP) is 6.12. The van der Waals surface area contributed by atoms with Gasteiger partial charge in [-0.3, -0.25) is 33.6 Å². The Kier molecular flexibility index (Phi) is 24.4. The lowest BCUT2D eigenvalue weighted by molar-refractivity contribution is -0.165. The highest BCUT2D eigenvalue weighted by Gasteiger charge is 2.43. The lowest BCUT2D eigenvalue weighted by Crippen LogP contribution is -2.58. The van der Waals surface area contributed by atoms with Crippen LogP contribution in [0.5, 0.6) is 17.2 Å². The molecule has 1 saturated heterocycles. The second kappa shape index (κ2) is 30.7. The summed E-state index contributed by atoms with van der Waals surface area (Å²) in [5.41, 5.74) is -0.544. The molecule has 2 heterocycles. The Morgan fingerprint density at radius 2 is 1.45 bits per heavy atom. The zero-order valence-electron chi connectivity index (χ0n) is 51.0. The lowest BCUT2D eigenvalue weighted by Gasteiger charge is -2.36. The van der Waals surface area contributed by atoms with Crippen molar-refractivity contribution in [3.8, 4) is 17.2 Å². The van der Waals surface area contributed by atoms with Gasteiger partial charge >= 0.3 is 11.9 Å². The number of likely N-dealkylation sites (N-methyl/N-ethyl adjacent to an activating group) is 3. The minimum atomic E-state index is -1.50. The molecule has 2 aliphatic rings. The molecule has 84 heavy (non-hydrogen) atoms. The molecule has 0 aromatic heterocycles. The second-order valence-electron chi connectivity index (χ2n) is 23.4. The number of piperidine rings is 1. The van der Waals surface area contributed by atoms with Crippen LogP contribution in [0.25, 0.3) is 0 Å². The van der Waals surface area contributed by atoms with Crippen molar-refractivity contribution in [2.75, 3.05) is 68.3 Å². The van der Waals surface area contributed by atoms with Crippen molar-refractivity contribution in [3.05, 3.63) is 102 Å². The largest absolute Gasteiger partial charge is 0.493 e. The zero-order valence-corrected chi connectivity index (χ0v) is 51.0. The van der Waals surface area contributed by atoms with Gasteiger partial charge in [0.15, 0.2) is 18.1 Å². The maximum atomic E-state index is 14.8. The summed E-state index contributed by atoms with van der Waals surface area (Å²) in [7, 11) is 7.44. The van der Waals surface area contributed by atoms with E-state index in [-0.39, 0.29) is 57.0 Å². The van der Waals surface area contributed by atoms with Gasteiger partial charge in [-0.25, -0.2) is 9.59 Å². The van der Waals surface area contributed by atoms with Crippen molar-refractivity contribution < 1.29 is 71.6 Å². The quantitative estimate of drug-likeness (QED) is 0.172. The first-order chi connectivity index (χ1) is 39.7. The van der Waals surface area contributed by atoms with E-state index in [1.165, 1.54) is 74.8 Å². The van der Waals surface area contributed by atoms with Gasteiger partial charge in [-0.15, -0.1) is 0 Å². The first kappa shape index (κ1) is 67.0. The van der Waals surface area contributed by atoms with Crippen LogP contribution in [0.15, 0.2) is 84.9 Å². The number of fused-ring (bicyclic) bond motifs is 3. The molecule has 3 aromatic rings. The minimum absolute atomic E-state index is 0.0657. The number of rotatable bonds is 10. The molecule has 0 radical (unpaired) electrons. The summed E-state index contributed by atoms with van der Waals surface area (Å²) in [5.74, 6) is -5.24. The Balaban J connectivity index is 1.51. The molecular formula is C63H86N6O15. The van der Waals surface area contributed by atoms with Crippen LogP contribution < -0.4 is 24.8 Å². The van der Waals surface area contributed by atoms with Crippen molar-refractivity contribution in [3.63, 3.8) is 0 Å². The number of benzene rings is 3. The van der Waals surface area contributed by atoms with Crippen LogP contribution in [0.1, 0.15) is 123 Å². The standard InChI is InChI=1S/C63H86N6O15/c1-40(2)34-46-58(75)66(9)32-19-18-27-53(71)82-39-63(7,8)55(72)60(77)69-33-20-17-26-47(69)61(78)84-49(30-28-42-29-31-50(79-12)51(35-42)80-13)44-24-21-25-45(36-44)81-38-52(70)67(10)41(3)56(73)65-54(43-22-15-14-16-23-43)59(76)68(11)48(57(74)64-46)37-83-62(4,5)6/h14-16,18,21-25,27,29,31,35-36,40-41,46-49,54H,17,19-20,26,28,30,32-34,37-39H2,1-13H3,(H,64,74)(H,65,73)/b27-18-/t41-,46+,47-,48-,49+,54?/m0/s1. The van der Waals surface area contributed by atoms with E-state index in [0.29, 0.717) is 41.9 Å². The average Bonchev–Trinajstić information content (AvgIpc) is 3.51. The van der Waals surface area contributed by atoms with Crippen LogP contribution in [-0.2, 0) is 63.8 Å². The van der Waals surface area contributed by atoms with E-state index >= 15 is 0 Å². The number of aryl methyl sites for hydroxylation is 1. The second-order valence-corrected chi connectivity index (χ2v) is 23.4. The van der Waals surface area contributed by atoms with Crippen LogP contribution in [0, 0.1) is 11.3 Å². The molecule has 1 fully saturated rings. The van der Waals surface area contributed by atoms with Crippen molar-refractivity contribution >= 4 is 53.2 Å². The number of hydrogen-bond donors (Lipinski definition) is 2. The summed E-state index contributed by atoms with van der Waals surface area (Å²) in [6.07, 6.45) is 4.08. The monoisotopic (exact) mass is 1170 g/mol. The molecule has 6 amide bonds. The van der Waals surface area contributed by atoms with Crippen molar-refractivity contribution in [1.82, 2.24) is 30.2 Å². The van der Waals surface area contributed by atoms with Gasteiger partial charge in [0.25, 0.3) is 11.8 Å². The molecule has 458 valence electrons. The summed E-state index contributed by atoms with van der Waals surface area (Å²) in [6.45, 7) is 12.6. The molecule has 6 atom stereocenters. The van der Waals surface area contributed by atoms with Gasteiger partial charge in [-0.1, -0.05) is 68.5 Å². The number of nitrogens with one attached hydrogen (secondary N) is 2. The average molecular weight is 1170 g/mol. The zero-order chi connectivity index (χ0) is 62.1. The Hall–Kier alpha value is -7.81. The maximum Gasteiger partial charge on any atom is 0.330 e. The highest BCUT2D eigenvalue weighted by atomic mass is 16.5. The highest BCUT2D eigenvalue weighted by Crippen LogP contribution is 2.33. The Morgan fingerprint density at radius 3 is 2.12 bits per heavy atom. The summed E-state index contributed by atoms with van der Waals surface area (Å²) < 4.78 is 34.9. The number of nitrogens with zero attached hydrogens (tertiary/aromatic N) is 4. The number of amides is 6. The number of ketones is 1. The molecular weight excluding hydrogens is 1080 g/mol. The number of methoxy groups -OCH3 is 2. The van der Waals surface area contributed by atoms with Gasteiger partial charge in [0, 0.05) is 40.3 Å². The molecule has 2 N–H and O–H groups in total. The topological polar surface area (TPSA) is 246 Å². The number of carbonyl (C=O) groups excluding carboxylic acids is 9. The summed E-state index contributed by atoms with van der Waals surface area (Å²) in [5, 5.41) is 5.69. The predicted molar refractivity (Wildman–Crippen MR) is 312 cm³/mol. The first-order valence-corrected chi connectivity index (χ1v) is 28.6. The van der Waals surface area contributed by atoms with E-state index < -0.39 is 114 Å². The van der Waals surface area contributed by atoms with Gasteiger partial charge in [0.2, 0.25) is 29.4 Å². The fourth-order valence-corrected chi connectivity index (χ4v) is 9.52. The fraction of sp³-hybridized carbons (Fsp3) is 0.540. The van der Waals surface area contributed by atoms with E-state index in [1.54, 1.807) is 88.5 Å². The summed E-state index contributed by atoms with van der Waals surface area (Å²) >= 11 is 0. The molecule has 5 rings (SSSR count). The number of esters is 2. The van der Waals surface area contributed by atoms with Gasteiger partial charge in [0.05, 0.1) is 31.8 Å². The molecule has 0 spiro atoms. The van der Waals surface area contributed by atoms with E-state index in [0.717, 1.165) is 11.6 Å². The van der Waals surface area contributed by atoms with E-state index in [1.807, 2.05) is 26.0 Å². The number of cyclic esters (lactones) is 2. The molecule has 1 unspecified atom stereocenters. The Labute approximate surface area is 494 Å². The van der Waals surface area contributed by atoms with Crippen LogP contribution in [-0.4, -0.2) is 171 Å². The maximum absolute atomic E-state index is 14.8. The molecule has 21 nitrogen and oxygen atoms in total. The lowest BCUT2D eigenvalue weighted by atomic mass is 9.87. The molecule has 0 saturated carbocycles. The van der Waals surface area contributed by atoms with Crippen LogP contribution in [0.2, 0.25) is 0 Å². The third kappa shape index (κ3) is 18.9. The number of carbonyl (C=O) groups is 9. The SMILES string of the molecule is COc1ccc(CC[C@H]2OC(=O)[C@@H]3CCCCN3C(=O)C(=O)C(C)(C)COC(=O)/C=C\CCN(C)C(=O)[C@@H](CC(C)C)NC(=O)[C@H](COC(C)(C)C)N(C)C(=O)C(c3ccccc3)NC(=O)[C@H](C)N(C)C(=O)COc3cccc2c3)cc1OC. The van der Waals surface area contributed by atoms with E-state index in [2.05, 4.69) is 10.6 Å². The minimum Gasteiger partial charge on any atom is -0.493 e. The number of hydrogen-bond acceptors (Lipinski definition) is 15. The Morgan fingerprint density at radius 1 is 0.762 bits per heavy atom. The van der Waals surface area contributed by atoms with Gasteiger partial charge in [-0.05, 0) is 133 Å². The summed E-state index contributed by atoms with van der Waals surface area (Å²) in [4.78, 5) is 132. The highest BCUT2D eigenvalue weighted by molar-refractivity contribution is 6.38. The first-order valence-electron chi connectivity index (χ1n) is 28.6. The molecule has 0 aliphatic carbocycles. The van der Waals surface area contributed by atoms with Crippen LogP contribution >= 0.6 is 0 Å². The van der Waals surface area contributed by atoms with E-state index in [9.17, 15) is 43.2 Å². The normalized spacial score (nSPS) is 23.3. The molecule has 2 aliphatic heterocycles. The van der Waals surface area contributed by atoms with Gasteiger partial charge in [0.1, 0.15) is 48.7 Å². The van der Waals surface area contributed by atoms with Gasteiger partial charge < -0.3 is 58.7 Å². The fourth-order valence-electron chi connectivity index (χ4n) is 9.52. The van der Waals surface area contributed by atoms with Crippen molar-refractivity contribution in [2.45, 2.75) is 142 Å². The molecule has 21 heteroatoms. The summed E-state index contributed by atoms with van der Waals surface area (Å²) in [6, 6.07) is 14.5. The Bertz CT molecular complexity index is 2830. The number of ether oxygens (including phenoxy) is 6. The van der Waals surface area contributed by atoms with Crippen molar-refractivity contribution in [2.24, 2.45) is 11.3 Å². The smallest absolute Gasteiger partial charge is 0.330 e. The van der Waals surface area contributed by atoms with Crippen molar-refractivity contribution in [1.29, 1.82) is 0 Å². The third-order valence-corrected chi connectivity index (χ3v) is 14.8. The molecule has 2 bridgehead atoms. The van der Waals surface area contributed by atoms with Crippen LogP contribution in [0.3, 0.4) is 0 Å². The number of Topliss-reactive ketones (excluding diaryl/α,β-unsaturated/α-hetero) is 1. The van der Waals surface area contributed by atoms with E-state index in [4.69, 9.17) is 28.4 Å². The third-order valence-electron chi connectivity index (χ3n) is 14.8. The molecule has 3 aromatic carbocycles. The van der Waals surface area contributed by atoms with Crippen LogP contribution in [0.4, 0.5) is 0 Å². The van der Waals surface area contributed by atoms with Gasteiger partial charge in [-0.2, -0.15) is 0 Å².